The average Bonchev–Trinajstić information content (AvgIpc) is 3.19. The van der Waals surface area contributed by atoms with Crippen molar-refractivity contribution < 1.29 is 4.92 Å². The molecular weight excluding hydrogens is 462 g/mol. The Balaban J connectivity index is 1.70. The lowest BCUT2D eigenvalue weighted by Crippen LogP contribution is -2.29. The third-order valence-electron chi connectivity index (χ3n) is 5.86. The standard InChI is InChI=1S/C25H29N7O2S/c1-29(2)12-13-30(3)22-15-24(35-5)20(14-23(22)32(33)34)28-25-26-11-10-19(27-25)18-16-31(4)21-9-7-6-8-17(18)21/h6-11,14-16H,12-13H2,1-5H3,(H,26,27,28). The Morgan fingerprint density at radius 3 is 2.63 bits per heavy atom. The lowest BCUT2D eigenvalue weighted by Gasteiger charge is -2.22. The van der Waals surface area contributed by atoms with Crippen LogP contribution in [-0.4, -0.2) is 64.8 Å². The summed E-state index contributed by atoms with van der Waals surface area (Å²) in [4.78, 5) is 25.5. The van der Waals surface area contributed by atoms with Crippen molar-refractivity contribution in [2.75, 3.05) is 50.7 Å². The van der Waals surface area contributed by atoms with Gasteiger partial charge in [-0.2, -0.15) is 0 Å². The Morgan fingerprint density at radius 2 is 1.91 bits per heavy atom. The quantitative estimate of drug-likeness (QED) is 0.199. The fraction of sp³-hybridized carbons (Fsp3) is 0.280. The van der Waals surface area contributed by atoms with E-state index >= 15 is 0 Å². The van der Waals surface area contributed by atoms with Gasteiger partial charge in [0, 0.05) is 67.0 Å². The highest BCUT2D eigenvalue weighted by atomic mass is 32.2. The molecule has 4 aromatic rings. The number of nitro groups is 1. The molecule has 0 saturated heterocycles. The maximum Gasteiger partial charge on any atom is 0.294 e. The van der Waals surface area contributed by atoms with Gasteiger partial charge in [-0.3, -0.25) is 10.1 Å². The van der Waals surface area contributed by atoms with Crippen molar-refractivity contribution in [1.29, 1.82) is 0 Å². The molecule has 35 heavy (non-hydrogen) atoms. The number of likely N-dealkylation sites (N-methyl/N-ethyl adjacent to an activating group) is 2. The molecule has 182 valence electrons. The van der Waals surface area contributed by atoms with E-state index in [1.54, 1.807) is 12.3 Å². The molecule has 2 aromatic heterocycles. The fourth-order valence-electron chi connectivity index (χ4n) is 3.98. The molecule has 0 radical (unpaired) electrons. The maximum absolute atomic E-state index is 11.9. The number of aryl methyl sites for hydroxylation is 1. The summed E-state index contributed by atoms with van der Waals surface area (Å²) in [5.74, 6) is 0.383. The van der Waals surface area contributed by atoms with Crippen molar-refractivity contribution >= 4 is 45.7 Å². The van der Waals surface area contributed by atoms with Gasteiger partial charge in [0.05, 0.1) is 16.3 Å². The smallest absolute Gasteiger partial charge is 0.294 e. The Bertz CT molecular complexity index is 1370. The number of benzene rings is 2. The van der Waals surface area contributed by atoms with Crippen LogP contribution in [0.5, 0.6) is 0 Å². The summed E-state index contributed by atoms with van der Waals surface area (Å²) in [6, 6.07) is 13.5. The van der Waals surface area contributed by atoms with Crippen LogP contribution in [0.2, 0.25) is 0 Å². The van der Waals surface area contributed by atoms with Gasteiger partial charge >= 0.3 is 0 Å². The van der Waals surface area contributed by atoms with Crippen molar-refractivity contribution in [3.63, 3.8) is 0 Å². The molecule has 0 fully saturated rings. The lowest BCUT2D eigenvalue weighted by atomic mass is 10.1. The number of hydrogen-bond acceptors (Lipinski definition) is 8. The summed E-state index contributed by atoms with van der Waals surface area (Å²) in [5, 5.41) is 16.3. The number of aromatic nitrogens is 3. The summed E-state index contributed by atoms with van der Waals surface area (Å²) in [5.41, 5.74) is 4.12. The van der Waals surface area contributed by atoms with Gasteiger partial charge < -0.3 is 19.7 Å². The van der Waals surface area contributed by atoms with Gasteiger partial charge in [-0.15, -0.1) is 11.8 Å². The molecule has 9 nitrogen and oxygen atoms in total. The Kier molecular flexibility index (Phi) is 7.23. The monoisotopic (exact) mass is 491 g/mol. The van der Waals surface area contributed by atoms with Gasteiger partial charge in [0.25, 0.3) is 5.69 Å². The first-order valence-electron chi connectivity index (χ1n) is 11.1. The van der Waals surface area contributed by atoms with E-state index in [0.29, 0.717) is 23.9 Å². The van der Waals surface area contributed by atoms with Gasteiger partial charge in [-0.1, -0.05) is 18.2 Å². The number of nitro benzene ring substituents is 1. The van der Waals surface area contributed by atoms with Crippen LogP contribution in [0, 0.1) is 10.1 Å². The highest BCUT2D eigenvalue weighted by Crippen LogP contribution is 2.39. The highest BCUT2D eigenvalue weighted by molar-refractivity contribution is 7.98. The van der Waals surface area contributed by atoms with Crippen LogP contribution in [0.4, 0.5) is 23.0 Å². The predicted octanol–water partition coefficient (Wildman–Crippen LogP) is 5.01. The van der Waals surface area contributed by atoms with Crippen molar-refractivity contribution in [3.05, 3.63) is 65.0 Å². The average molecular weight is 492 g/mol. The minimum Gasteiger partial charge on any atom is -0.368 e. The van der Waals surface area contributed by atoms with Crippen LogP contribution in [-0.2, 0) is 7.05 Å². The van der Waals surface area contributed by atoms with E-state index in [0.717, 1.165) is 33.6 Å². The van der Waals surface area contributed by atoms with Crippen LogP contribution >= 0.6 is 11.8 Å². The number of rotatable bonds is 9. The predicted molar refractivity (Wildman–Crippen MR) is 144 cm³/mol. The van der Waals surface area contributed by atoms with E-state index in [9.17, 15) is 10.1 Å². The van der Waals surface area contributed by atoms with Gasteiger partial charge in [-0.25, -0.2) is 9.97 Å². The second-order valence-corrected chi connectivity index (χ2v) is 9.43. The van der Waals surface area contributed by atoms with Crippen molar-refractivity contribution in [1.82, 2.24) is 19.4 Å². The minimum absolute atomic E-state index is 0.0387. The minimum atomic E-state index is -0.343. The molecule has 2 heterocycles. The maximum atomic E-state index is 11.9. The number of fused-ring (bicyclic) bond motifs is 1. The molecule has 0 atom stereocenters. The summed E-state index contributed by atoms with van der Waals surface area (Å²) in [6.07, 6.45) is 5.69. The van der Waals surface area contributed by atoms with E-state index in [1.807, 2.05) is 74.7 Å². The molecule has 0 amide bonds. The molecule has 10 heteroatoms. The van der Waals surface area contributed by atoms with E-state index in [1.165, 1.54) is 11.8 Å². The Labute approximate surface area is 208 Å². The molecule has 0 aliphatic carbocycles. The number of para-hydroxylation sites is 1. The number of anilines is 3. The molecule has 0 aliphatic heterocycles. The molecule has 0 unspecified atom stereocenters. The summed E-state index contributed by atoms with van der Waals surface area (Å²) >= 11 is 1.52. The summed E-state index contributed by atoms with van der Waals surface area (Å²) < 4.78 is 2.07. The summed E-state index contributed by atoms with van der Waals surface area (Å²) in [6.45, 7) is 1.46. The van der Waals surface area contributed by atoms with Crippen LogP contribution in [0.15, 0.2) is 59.8 Å². The first-order chi connectivity index (χ1) is 16.8. The van der Waals surface area contributed by atoms with Crippen LogP contribution in [0.25, 0.3) is 22.2 Å². The first-order valence-corrected chi connectivity index (χ1v) is 12.4. The van der Waals surface area contributed by atoms with Crippen molar-refractivity contribution in [2.45, 2.75) is 4.90 Å². The van der Waals surface area contributed by atoms with Crippen molar-refractivity contribution in [2.24, 2.45) is 7.05 Å². The molecular formula is C25H29N7O2S. The molecule has 0 spiro atoms. The zero-order chi connectivity index (χ0) is 25.1. The second kappa shape index (κ2) is 10.3. The third-order valence-corrected chi connectivity index (χ3v) is 6.64. The summed E-state index contributed by atoms with van der Waals surface area (Å²) in [7, 11) is 7.84. The molecule has 1 N–H and O–H groups in total. The highest BCUT2D eigenvalue weighted by Gasteiger charge is 2.22. The van der Waals surface area contributed by atoms with E-state index in [4.69, 9.17) is 4.98 Å². The van der Waals surface area contributed by atoms with Gasteiger partial charge in [-0.05, 0) is 38.6 Å². The van der Waals surface area contributed by atoms with E-state index in [-0.39, 0.29) is 10.6 Å². The molecule has 0 bridgehead atoms. The van der Waals surface area contributed by atoms with Crippen LogP contribution in [0.3, 0.4) is 0 Å². The zero-order valence-electron chi connectivity index (χ0n) is 20.5. The van der Waals surface area contributed by atoms with Crippen LogP contribution in [0.1, 0.15) is 0 Å². The van der Waals surface area contributed by atoms with E-state index < -0.39 is 0 Å². The lowest BCUT2D eigenvalue weighted by molar-refractivity contribution is -0.384. The molecule has 0 aliphatic rings. The third kappa shape index (κ3) is 5.23. The van der Waals surface area contributed by atoms with Gasteiger partial charge in [0.1, 0.15) is 5.69 Å². The number of hydrogen-bond donors (Lipinski definition) is 1. The Morgan fingerprint density at radius 1 is 1.14 bits per heavy atom. The molecule has 2 aromatic carbocycles. The van der Waals surface area contributed by atoms with Gasteiger partial charge in [0.15, 0.2) is 0 Å². The Hall–Kier alpha value is -3.63. The second-order valence-electron chi connectivity index (χ2n) is 8.58. The van der Waals surface area contributed by atoms with Crippen LogP contribution < -0.4 is 10.2 Å². The van der Waals surface area contributed by atoms with Gasteiger partial charge in [0.2, 0.25) is 5.95 Å². The van der Waals surface area contributed by atoms with E-state index in [2.05, 4.69) is 27.0 Å². The number of nitrogens with one attached hydrogen (secondary N) is 1. The topological polar surface area (TPSA) is 92.4 Å². The molecule has 0 saturated carbocycles. The fourth-order valence-corrected chi connectivity index (χ4v) is 4.54. The normalized spacial score (nSPS) is 11.3. The SMILES string of the molecule is CSc1cc(N(C)CCN(C)C)c([N+](=O)[O-])cc1Nc1nccc(-c2cn(C)c3ccccc23)n1. The number of thioether (sulfide) groups is 1. The number of nitrogens with zero attached hydrogens (tertiary/aromatic N) is 6. The largest absolute Gasteiger partial charge is 0.368 e. The van der Waals surface area contributed by atoms with Crippen molar-refractivity contribution in [3.8, 4) is 11.3 Å². The molecule has 4 rings (SSSR count). The first kappa shape index (κ1) is 24.5. The zero-order valence-corrected chi connectivity index (χ0v) is 21.3.